The van der Waals surface area contributed by atoms with Gasteiger partial charge in [-0.1, -0.05) is 23.2 Å². The largest absolute Gasteiger partial charge is 0.495 e. The lowest BCUT2D eigenvalue weighted by atomic mass is 10.1. The van der Waals surface area contributed by atoms with E-state index in [1.165, 1.54) is 0 Å². The summed E-state index contributed by atoms with van der Waals surface area (Å²) in [6.45, 7) is 5.04. The molecule has 1 fully saturated rings. The van der Waals surface area contributed by atoms with Crippen molar-refractivity contribution >= 4 is 51.2 Å². The molecule has 0 unspecified atom stereocenters. The Bertz CT molecular complexity index is 1160. The van der Waals surface area contributed by atoms with Crippen molar-refractivity contribution in [1.82, 2.24) is 9.88 Å². The van der Waals surface area contributed by atoms with E-state index < -0.39 is 0 Å². The molecule has 8 nitrogen and oxygen atoms in total. The van der Waals surface area contributed by atoms with Crippen LogP contribution in [0.25, 0.3) is 10.9 Å². The number of halogens is 2. The van der Waals surface area contributed by atoms with Crippen LogP contribution in [0, 0.1) is 0 Å². The van der Waals surface area contributed by atoms with Gasteiger partial charge in [-0.3, -0.25) is 9.88 Å². The van der Waals surface area contributed by atoms with Gasteiger partial charge >= 0.3 is 0 Å². The number of morpholine rings is 1. The summed E-state index contributed by atoms with van der Waals surface area (Å²) in [5.74, 6) is 1.72. The highest BCUT2D eigenvalue weighted by molar-refractivity contribution is 6.37. The monoisotopic (exact) mass is 506 g/mol. The van der Waals surface area contributed by atoms with Gasteiger partial charge in [0.1, 0.15) is 5.75 Å². The van der Waals surface area contributed by atoms with Gasteiger partial charge in [-0.05, 0) is 18.6 Å². The van der Waals surface area contributed by atoms with Crippen LogP contribution in [0.15, 0.2) is 30.5 Å². The number of nitrogens with two attached hydrogens (primary N) is 1. The van der Waals surface area contributed by atoms with Crippen molar-refractivity contribution in [2.24, 2.45) is 0 Å². The number of nitrogens with zero attached hydrogens (tertiary/aromatic N) is 2. The molecule has 0 bridgehead atoms. The number of anilines is 3. The molecule has 0 saturated carbocycles. The van der Waals surface area contributed by atoms with Gasteiger partial charge < -0.3 is 30.0 Å². The number of hydrogen-bond donors (Lipinski definition) is 2. The molecule has 1 aromatic heterocycles. The third-order valence-corrected chi connectivity index (χ3v) is 6.27. The molecule has 1 aliphatic rings. The first-order chi connectivity index (χ1) is 16.5. The van der Waals surface area contributed by atoms with E-state index >= 15 is 0 Å². The van der Waals surface area contributed by atoms with E-state index in [0.717, 1.165) is 44.7 Å². The highest BCUT2D eigenvalue weighted by Crippen LogP contribution is 2.41. The molecule has 3 N–H and O–H groups in total. The van der Waals surface area contributed by atoms with Crippen molar-refractivity contribution in [3.8, 4) is 17.2 Å². The fourth-order valence-electron chi connectivity index (χ4n) is 3.84. The zero-order valence-electron chi connectivity index (χ0n) is 19.2. The fraction of sp³-hybridized carbons (Fsp3) is 0.375. The van der Waals surface area contributed by atoms with Crippen LogP contribution in [0.3, 0.4) is 0 Å². The summed E-state index contributed by atoms with van der Waals surface area (Å²) < 4.78 is 22.4. The fourth-order valence-corrected chi connectivity index (χ4v) is 4.35. The highest BCUT2D eigenvalue weighted by Gasteiger charge is 2.16. The molecule has 0 spiro atoms. The van der Waals surface area contributed by atoms with E-state index in [2.05, 4.69) is 15.2 Å². The first-order valence-corrected chi connectivity index (χ1v) is 11.7. The topological polar surface area (TPSA) is 91.1 Å². The van der Waals surface area contributed by atoms with E-state index in [1.807, 2.05) is 12.1 Å². The maximum atomic E-state index is 6.41. The van der Waals surface area contributed by atoms with Gasteiger partial charge in [0.2, 0.25) is 0 Å². The Balaban J connectivity index is 1.56. The lowest BCUT2D eigenvalue weighted by molar-refractivity contribution is 0.0357. The van der Waals surface area contributed by atoms with Gasteiger partial charge in [-0.2, -0.15) is 0 Å². The molecule has 2 aromatic carbocycles. The van der Waals surface area contributed by atoms with Crippen LogP contribution in [-0.4, -0.2) is 63.6 Å². The van der Waals surface area contributed by atoms with Crippen molar-refractivity contribution < 1.29 is 18.9 Å². The average Bonchev–Trinajstić information content (AvgIpc) is 2.85. The summed E-state index contributed by atoms with van der Waals surface area (Å²) in [4.78, 5) is 6.87. The molecular formula is C24H28Cl2N4O4. The number of aromatic nitrogens is 1. The Kier molecular flexibility index (Phi) is 8.05. The molecule has 1 saturated heterocycles. The van der Waals surface area contributed by atoms with Crippen LogP contribution in [-0.2, 0) is 4.74 Å². The first kappa shape index (κ1) is 24.5. The zero-order chi connectivity index (χ0) is 24.1. The van der Waals surface area contributed by atoms with Crippen molar-refractivity contribution in [2.75, 3.05) is 64.7 Å². The molecule has 0 aliphatic carbocycles. The minimum absolute atomic E-state index is 0.419. The van der Waals surface area contributed by atoms with Crippen LogP contribution in [0.1, 0.15) is 6.42 Å². The number of ether oxygens (including phenoxy) is 4. The van der Waals surface area contributed by atoms with Crippen molar-refractivity contribution in [3.63, 3.8) is 0 Å². The van der Waals surface area contributed by atoms with Gasteiger partial charge in [-0.25, -0.2) is 0 Å². The van der Waals surface area contributed by atoms with Crippen LogP contribution in [0.5, 0.6) is 17.2 Å². The standard InChI is InChI=1S/C24H28Cl2N4O4/c1-31-21-13-20(16(25)11-17(21)26)29-24-15-10-22(32-2)23(12-19(15)28-14-18(24)27)34-7-3-4-30-5-8-33-9-6-30/h10-14H,3-9,27H2,1-2H3,(H,28,29). The van der Waals surface area contributed by atoms with E-state index in [9.17, 15) is 0 Å². The number of nitrogens with one attached hydrogen (secondary N) is 1. The second-order valence-corrected chi connectivity index (χ2v) is 8.67. The third kappa shape index (κ3) is 5.52. The second-order valence-electron chi connectivity index (χ2n) is 7.86. The Morgan fingerprint density at radius 2 is 1.79 bits per heavy atom. The predicted octanol–water partition coefficient (Wildman–Crippen LogP) is 4.99. The summed E-state index contributed by atoms with van der Waals surface area (Å²) in [6.07, 6.45) is 2.50. The van der Waals surface area contributed by atoms with Crippen molar-refractivity contribution in [2.45, 2.75) is 6.42 Å². The Labute approximate surface area is 208 Å². The molecule has 3 aromatic rings. The zero-order valence-corrected chi connectivity index (χ0v) is 20.7. The lowest BCUT2D eigenvalue weighted by Crippen LogP contribution is -2.37. The number of nitrogen functional groups attached to an aromatic ring is 1. The molecule has 182 valence electrons. The average molecular weight is 507 g/mol. The smallest absolute Gasteiger partial charge is 0.163 e. The Morgan fingerprint density at radius 1 is 1.03 bits per heavy atom. The van der Waals surface area contributed by atoms with Crippen LogP contribution in [0.4, 0.5) is 17.1 Å². The summed E-state index contributed by atoms with van der Waals surface area (Å²) in [6, 6.07) is 7.06. The molecule has 1 aliphatic heterocycles. The number of rotatable bonds is 9. The molecule has 4 rings (SSSR count). The second kappa shape index (κ2) is 11.2. The number of hydrogen-bond acceptors (Lipinski definition) is 8. The van der Waals surface area contributed by atoms with Gasteiger partial charge in [0.05, 0.1) is 72.9 Å². The SMILES string of the molecule is COc1cc(Nc2c(N)cnc3cc(OCCCN4CCOCC4)c(OC)cc23)c(Cl)cc1Cl. The molecule has 0 amide bonds. The van der Waals surface area contributed by atoms with Crippen LogP contribution >= 0.6 is 23.2 Å². The number of methoxy groups -OCH3 is 2. The lowest BCUT2D eigenvalue weighted by Gasteiger charge is -2.26. The summed E-state index contributed by atoms with van der Waals surface area (Å²) in [7, 11) is 3.15. The predicted molar refractivity (Wildman–Crippen MR) is 136 cm³/mol. The first-order valence-electron chi connectivity index (χ1n) is 11.0. The molecular weight excluding hydrogens is 479 g/mol. The van der Waals surface area contributed by atoms with E-state index in [1.54, 1.807) is 32.5 Å². The molecule has 2 heterocycles. The minimum atomic E-state index is 0.419. The van der Waals surface area contributed by atoms with Crippen molar-refractivity contribution in [1.29, 1.82) is 0 Å². The Morgan fingerprint density at radius 3 is 2.53 bits per heavy atom. The molecule has 34 heavy (non-hydrogen) atoms. The van der Waals surface area contributed by atoms with Crippen LogP contribution < -0.4 is 25.3 Å². The number of benzene rings is 2. The van der Waals surface area contributed by atoms with E-state index in [0.29, 0.717) is 56.5 Å². The van der Waals surface area contributed by atoms with E-state index in [4.69, 9.17) is 47.9 Å². The van der Waals surface area contributed by atoms with Gasteiger partial charge in [-0.15, -0.1) is 0 Å². The number of pyridine rings is 1. The van der Waals surface area contributed by atoms with Gasteiger partial charge in [0.15, 0.2) is 11.5 Å². The highest BCUT2D eigenvalue weighted by atomic mass is 35.5. The Hall–Kier alpha value is -2.65. The van der Waals surface area contributed by atoms with Gasteiger partial charge in [0.25, 0.3) is 0 Å². The van der Waals surface area contributed by atoms with Crippen LogP contribution in [0.2, 0.25) is 10.0 Å². The van der Waals surface area contributed by atoms with Gasteiger partial charge in [0, 0.05) is 37.2 Å². The molecule has 0 atom stereocenters. The minimum Gasteiger partial charge on any atom is -0.495 e. The summed E-state index contributed by atoms with van der Waals surface area (Å²) in [5, 5.41) is 4.92. The summed E-state index contributed by atoms with van der Waals surface area (Å²) in [5.41, 5.74) is 8.68. The maximum absolute atomic E-state index is 6.41. The molecule has 10 heteroatoms. The normalized spacial score (nSPS) is 14.2. The third-order valence-electron chi connectivity index (χ3n) is 5.66. The quantitative estimate of drug-likeness (QED) is 0.392. The maximum Gasteiger partial charge on any atom is 0.163 e. The molecule has 0 radical (unpaired) electrons. The summed E-state index contributed by atoms with van der Waals surface area (Å²) >= 11 is 12.6. The number of fused-ring (bicyclic) bond motifs is 1. The van der Waals surface area contributed by atoms with Crippen molar-refractivity contribution in [3.05, 3.63) is 40.5 Å². The van der Waals surface area contributed by atoms with E-state index in [-0.39, 0.29) is 0 Å².